The Morgan fingerprint density at radius 2 is 1.64 bits per heavy atom. The first kappa shape index (κ1) is 23.1. The molecule has 5 nitrogen and oxygen atoms in total. The molecule has 1 heterocycles. The van der Waals surface area contributed by atoms with Crippen LogP contribution in [0.3, 0.4) is 0 Å². The number of nitrogens with one attached hydrogen (secondary N) is 2. The van der Waals surface area contributed by atoms with Gasteiger partial charge in [-0.2, -0.15) is 0 Å². The molecule has 0 radical (unpaired) electrons. The van der Waals surface area contributed by atoms with Crippen LogP contribution in [0.4, 0.5) is 11.4 Å². The summed E-state index contributed by atoms with van der Waals surface area (Å²) in [5.74, 6) is -0.364. The summed E-state index contributed by atoms with van der Waals surface area (Å²) < 4.78 is 0.838. The summed E-state index contributed by atoms with van der Waals surface area (Å²) in [5.41, 5.74) is 3.68. The van der Waals surface area contributed by atoms with E-state index in [1.54, 1.807) is 18.2 Å². The van der Waals surface area contributed by atoms with Crippen LogP contribution in [0.15, 0.2) is 77.3 Å². The summed E-state index contributed by atoms with van der Waals surface area (Å²) in [6.45, 7) is 3.84. The van der Waals surface area contributed by atoms with Crippen LogP contribution < -0.4 is 15.5 Å². The van der Waals surface area contributed by atoms with Crippen molar-refractivity contribution in [3.8, 4) is 0 Å². The quantitative estimate of drug-likeness (QED) is 0.420. The maximum atomic E-state index is 13.4. The smallest absolute Gasteiger partial charge is 0.255 e. The third-order valence-corrected chi connectivity index (χ3v) is 6.42. The largest absolute Gasteiger partial charge is 0.371 e. The van der Waals surface area contributed by atoms with Crippen molar-refractivity contribution >= 4 is 39.1 Å². The number of carbonyl (C=O) groups excluding carboxylic acids is 2. The van der Waals surface area contributed by atoms with Gasteiger partial charge in [-0.05, 0) is 68.1 Å². The highest BCUT2D eigenvalue weighted by atomic mass is 79.9. The van der Waals surface area contributed by atoms with E-state index in [-0.39, 0.29) is 17.9 Å². The second-order valence-corrected chi connectivity index (χ2v) is 9.27. The van der Waals surface area contributed by atoms with Crippen LogP contribution in [0, 0.1) is 0 Å². The molecule has 6 heteroatoms. The molecule has 1 aliphatic heterocycles. The van der Waals surface area contributed by atoms with E-state index in [4.69, 9.17) is 0 Å². The number of benzene rings is 3. The molecule has 1 aliphatic rings. The molecule has 0 aliphatic carbocycles. The van der Waals surface area contributed by atoms with Gasteiger partial charge in [-0.15, -0.1) is 0 Å². The van der Waals surface area contributed by atoms with Crippen molar-refractivity contribution < 1.29 is 9.59 Å². The molecule has 33 heavy (non-hydrogen) atoms. The van der Waals surface area contributed by atoms with Gasteiger partial charge >= 0.3 is 0 Å². The van der Waals surface area contributed by atoms with E-state index in [1.165, 1.54) is 6.42 Å². The van der Waals surface area contributed by atoms with E-state index in [9.17, 15) is 9.59 Å². The molecule has 0 aromatic heterocycles. The Morgan fingerprint density at radius 1 is 0.879 bits per heavy atom. The predicted molar refractivity (Wildman–Crippen MR) is 137 cm³/mol. The van der Waals surface area contributed by atoms with Crippen molar-refractivity contribution in [2.45, 2.75) is 32.2 Å². The number of hydrogen-bond acceptors (Lipinski definition) is 3. The molecule has 170 valence electrons. The molecule has 1 unspecified atom stereocenters. The Balaban J connectivity index is 1.60. The van der Waals surface area contributed by atoms with Crippen LogP contribution in [0.5, 0.6) is 0 Å². The van der Waals surface area contributed by atoms with Crippen molar-refractivity contribution in [1.82, 2.24) is 5.32 Å². The predicted octanol–water partition coefficient (Wildman–Crippen LogP) is 6.18. The number of nitrogens with zero attached hydrogens (tertiary/aromatic N) is 1. The summed E-state index contributed by atoms with van der Waals surface area (Å²) in [6.07, 6.45) is 3.44. The average molecular weight is 506 g/mol. The molecule has 3 aromatic rings. The van der Waals surface area contributed by atoms with E-state index in [0.717, 1.165) is 41.7 Å². The van der Waals surface area contributed by atoms with E-state index >= 15 is 0 Å². The van der Waals surface area contributed by atoms with Crippen molar-refractivity contribution in [3.63, 3.8) is 0 Å². The molecule has 1 atom stereocenters. The topological polar surface area (TPSA) is 61.4 Å². The van der Waals surface area contributed by atoms with Gasteiger partial charge in [0.15, 0.2) is 0 Å². The first-order valence-electron chi connectivity index (χ1n) is 11.3. The van der Waals surface area contributed by atoms with Crippen LogP contribution in [0.2, 0.25) is 0 Å². The number of hydrogen-bond donors (Lipinski definition) is 2. The van der Waals surface area contributed by atoms with E-state index in [2.05, 4.69) is 31.5 Å². The SMILES string of the molecule is CC(NC(=O)c1cc(NC(=O)c2cccc(Br)c2)ccc1N1CCCCC1)c1ccccc1. The second-order valence-electron chi connectivity index (χ2n) is 8.35. The van der Waals surface area contributed by atoms with Gasteiger partial charge in [-0.3, -0.25) is 9.59 Å². The standard InChI is InChI=1S/C27H28BrN3O2/c1-19(20-9-4-2-5-10-20)29-27(33)24-18-23(13-14-25(24)31-15-6-3-7-16-31)30-26(32)21-11-8-12-22(28)17-21/h2,4-5,8-14,17-19H,3,6-7,15-16H2,1H3,(H,29,33)(H,30,32). The van der Waals surface area contributed by atoms with Crippen molar-refractivity contribution in [1.29, 1.82) is 0 Å². The maximum Gasteiger partial charge on any atom is 0.255 e. The lowest BCUT2D eigenvalue weighted by molar-refractivity contribution is 0.0939. The first-order chi connectivity index (χ1) is 16.0. The van der Waals surface area contributed by atoms with Crippen LogP contribution in [-0.2, 0) is 0 Å². The fraction of sp³-hybridized carbons (Fsp3) is 0.259. The van der Waals surface area contributed by atoms with Gasteiger partial charge in [0.1, 0.15) is 0 Å². The minimum atomic E-state index is -0.217. The van der Waals surface area contributed by atoms with E-state index in [1.807, 2.05) is 61.5 Å². The number of amides is 2. The Morgan fingerprint density at radius 3 is 2.36 bits per heavy atom. The van der Waals surface area contributed by atoms with Gasteiger partial charge in [-0.25, -0.2) is 0 Å². The zero-order valence-electron chi connectivity index (χ0n) is 18.7. The zero-order chi connectivity index (χ0) is 23.2. The zero-order valence-corrected chi connectivity index (χ0v) is 20.3. The summed E-state index contributed by atoms with van der Waals surface area (Å²) in [4.78, 5) is 28.4. The van der Waals surface area contributed by atoms with Gasteiger partial charge in [0.05, 0.1) is 11.6 Å². The second kappa shape index (κ2) is 10.7. The van der Waals surface area contributed by atoms with Crippen LogP contribution in [0.25, 0.3) is 0 Å². The van der Waals surface area contributed by atoms with Crippen molar-refractivity contribution in [2.75, 3.05) is 23.3 Å². The fourth-order valence-electron chi connectivity index (χ4n) is 4.14. The molecule has 0 spiro atoms. The molecule has 3 aromatic carbocycles. The lowest BCUT2D eigenvalue weighted by Crippen LogP contribution is -2.33. The van der Waals surface area contributed by atoms with Crippen molar-refractivity contribution in [3.05, 3.63) is 94.0 Å². The Bertz CT molecular complexity index is 1130. The van der Waals surface area contributed by atoms with Gasteiger partial charge < -0.3 is 15.5 Å². The number of rotatable bonds is 6. The minimum absolute atomic E-state index is 0.132. The Hall–Kier alpha value is -3.12. The van der Waals surface area contributed by atoms with E-state index in [0.29, 0.717) is 16.8 Å². The monoisotopic (exact) mass is 505 g/mol. The third kappa shape index (κ3) is 5.82. The summed E-state index contributed by atoms with van der Waals surface area (Å²) >= 11 is 3.40. The first-order valence-corrected chi connectivity index (χ1v) is 12.1. The highest BCUT2D eigenvalue weighted by Crippen LogP contribution is 2.28. The molecule has 1 fully saturated rings. The van der Waals surface area contributed by atoms with Gasteiger partial charge in [0.2, 0.25) is 0 Å². The summed E-state index contributed by atoms with van der Waals surface area (Å²) in [5, 5.41) is 6.06. The molecular formula is C27H28BrN3O2. The van der Waals surface area contributed by atoms with Gasteiger partial charge in [0, 0.05) is 34.5 Å². The Labute approximate surface area is 203 Å². The normalized spacial score (nSPS) is 14.4. The third-order valence-electron chi connectivity index (χ3n) is 5.93. The maximum absolute atomic E-state index is 13.4. The van der Waals surface area contributed by atoms with Crippen molar-refractivity contribution in [2.24, 2.45) is 0 Å². The molecule has 1 saturated heterocycles. The Kier molecular flexibility index (Phi) is 7.45. The molecular weight excluding hydrogens is 478 g/mol. The molecule has 2 amide bonds. The number of carbonyl (C=O) groups is 2. The molecule has 0 bridgehead atoms. The number of piperidine rings is 1. The molecule has 0 saturated carbocycles. The van der Waals surface area contributed by atoms with Crippen LogP contribution in [0.1, 0.15) is 58.5 Å². The van der Waals surface area contributed by atoms with Gasteiger partial charge in [-0.1, -0.05) is 52.3 Å². The lowest BCUT2D eigenvalue weighted by Gasteiger charge is -2.31. The number of halogens is 1. The van der Waals surface area contributed by atoms with Gasteiger partial charge in [0.25, 0.3) is 11.8 Å². The highest BCUT2D eigenvalue weighted by Gasteiger charge is 2.21. The molecule has 4 rings (SSSR count). The minimum Gasteiger partial charge on any atom is -0.371 e. The number of anilines is 2. The summed E-state index contributed by atoms with van der Waals surface area (Å²) in [6, 6.07) is 22.6. The lowest BCUT2D eigenvalue weighted by atomic mass is 10.0. The van der Waals surface area contributed by atoms with Crippen LogP contribution in [-0.4, -0.2) is 24.9 Å². The highest BCUT2D eigenvalue weighted by molar-refractivity contribution is 9.10. The average Bonchev–Trinajstić information content (AvgIpc) is 2.85. The summed E-state index contributed by atoms with van der Waals surface area (Å²) in [7, 11) is 0. The van der Waals surface area contributed by atoms with Crippen LogP contribution >= 0.6 is 15.9 Å². The fourth-order valence-corrected chi connectivity index (χ4v) is 4.54. The molecule has 2 N–H and O–H groups in total. The van der Waals surface area contributed by atoms with E-state index < -0.39 is 0 Å².